The van der Waals surface area contributed by atoms with Crippen molar-refractivity contribution in [3.63, 3.8) is 0 Å². The zero-order valence-corrected chi connectivity index (χ0v) is 10.0. The summed E-state index contributed by atoms with van der Waals surface area (Å²) in [6, 6.07) is 0.0153. The van der Waals surface area contributed by atoms with Crippen molar-refractivity contribution in [3.05, 3.63) is 0 Å². The quantitative estimate of drug-likeness (QED) is 0.752. The zero-order valence-electron chi connectivity index (χ0n) is 9.29. The van der Waals surface area contributed by atoms with Gasteiger partial charge in [-0.05, 0) is 19.3 Å². The van der Waals surface area contributed by atoms with Gasteiger partial charge in [0, 0.05) is 19.3 Å². The first-order valence-corrected chi connectivity index (χ1v) is 6.20. The summed E-state index contributed by atoms with van der Waals surface area (Å²) in [6.45, 7) is 0. The molecule has 4 heteroatoms. The third-order valence-corrected chi connectivity index (χ3v) is 3.38. The molecule has 0 aromatic rings. The van der Waals surface area contributed by atoms with Crippen LogP contribution in [0.15, 0.2) is 0 Å². The van der Waals surface area contributed by atoms with E-state index in [9.17, 15) is 9.90 Å². The number of nitrogens with zero attached hydrogens (tertiary/aromatic N) is 1. The molecule has 0 aromatic heterocycles. The number of hydrogen-bond donors (Lipinski definition) is 1. The van der Waals surface area contributed by atoms with Crippen LogP contribution in [-0.4, -0.2) is 41.0 Å². The van der Waals surface area contributed by atoms with Crippen molar-refractivity contribution in [1.82, 2.24) is 4.90 Å². The van der Waals surface area contributed by atoms with Crippen LogP contribution in [0.1, 0.15) is 38.5 Å². The molecule has 0 saturated heterocycles. The number of alkyl halides is 1. The lowest BCUT2D eigenvalue weighted by Gasteiger charge is -2.35. The van der Waals surface area contributed by atoms with Crippen molar-refractivity contribution in [2.75, 3.05) is 12.9 Å². The van der Waals surface area contributed by atoms with Crippen LogP contribution in [0, 0.1) is 0 Å². The Bertz CT molecular complexity index is 211. The van der Waals surface area contributed by atoms with Gasteiger partial charge < -0.3 is 10.0 Å². The average molecular weight is 234 g/mol. The van der Waals surface area contributed by atoms with Crippen LogP contribution >= 0.6 is 11.6 Å². The number of aliphatic hydroxyl groups is 1. The molecule has 1 rings (SSSR count). The van der Waals surface area contributed by atoms with Crippen LogP contribution in [0.5, 0.6) is 0 Å². The molecule has 0 heterocycles. The van der Waals surface area contributed by atoms with Crippen LogP contribution in [0.4, 0.5) is 0 Å². The van der Waals surface area contributed by atoms with E-state index in [2.05, 4.69) is 0 Å². The summed E-state index contributed by atoms with van der Waals surface area (Å²) in [7, 11) is 1.79. The molecule has 1 saturated carbocycles. The molecule has 2 atom stereocenters. The minimum Gasteiger partial charge on any atom is -0.391 e. The molecule has 1 aliphatic carbocycles. The van der Waals surface area contributed by atoms with Gasteiger partial charge in [0.2, 0.25) is 5.91 Å². The summed E-state index contributed by atoms with van der Waals surface area (Å²) in [6.07, 6.45) is 4.78. The summed E-state index contributed by atoms with van der Waals surface area (Å²) in [4.78, 5) is 13.4. The van der Waals surface area contributed by atoms with Gasteiger partial charge >= 0.3 is 0 Å². The maximum atomic E-state index is 11.7. The molecular weight excluding hydrogens is 214 g/mol. The number of hydrogen-bond acceptors (Lipinski definition) is 2. The van der Waals surface area contributed by atoms with Crippen molar-refractivity contribution in [3.8, 4) is 0 Å². The minimum atomic E-state index is -0.344. The van der Waals surface area contributed by atoms with Crippen LogP contribution in [0.3, 0.4) is 0 Å². The number of carbonyl (C=O) groups excluding carboxylic acids is 1. The molecule has 0 aliphatic heterocycles. The third kappa shape index (κ3) is 3.65. The maximum absolute atomic E-state index is 11.7. The Balaban J connectivity index is 2.42. The monoisotopic (exact) mass is 233 g/mol. The Labute approximate surface area is 96.4 Å². The van der Waals surface area contributed by atoms with Gasteiger partial charge in [-0.1, -0.05) is 12.8 Å². The first-order valence-electron chi connectivity index (χ1n) is 5.66. The van der Waals surface area contributed by atoms with Gasteiger partial charge in [-0.25, -0.2) is 0 Å². The highest BCUT2D eigenvalue weighted by Gasteiger charge is 2.28. The number of aliphatic hydroxyl groups excluding tert-OH is 1. The molecule has 15 heavy (non-hydrogen) atoms. The molecule has 0 spiro atoms. The molecular formula is C11H20ClNO2. The van der Waals surface area contributed by atoms with E-state index < -0.39 is 0 Å². The summed E-state index contributed by atoms with van der Waals surface area (Å²) in [5, 5.41) is 9.79. The van der Waals surface area contributed by atoms with E-state index >= 15 is 0 Å². The van der Waals surface area contributed by atoms with E-state index in [4.69, 9.17) is 11.6 Å². The number of carbonyl (C=O) groups is 1. The molecule has 88 valence electrons. The lowest BCUT2D eigenvalue weighted by molar-refractivity contribution is -0.135. The summed E-state index contributed by atoms with van der Waals surface area (Å²) in [5.41, 5.74) is 0. The molecule has 1 fully saturated rings. The van der Waals surface area contributed by atoms with Crippen molar-refractivity contribution in [2.24, 2.45) is 0 Å². The summed E-state index contributed by atoms with van der Waals surface area (Å²) >= 11 is 5.54. The second-order valence-electron chi connectivity index (χ2n) is 4.22. The summed E-state index contributed by atoms with van der Waals surface area (Å²) in [5.74, 6) is 0.619. The van der Waals surface area contributed by atoms with Gasteiger partial charge in [0.25, 0.3) is 0 Å². The van der Waals surface area contributed by atoms with Gasteiger partial charge in [-0.15, -0.1) is 11.6 Å². The SMILES string of the molecule is CN(C(=O)CCCCl)C1CCCCC1O. The van der Waals surface area contributed by atoms with Gasteiger partial charge in [0.05, 0.1) is 12.1 Å². The number of rotatable bonds is 4. The van der Waals surface area contributed by atoms with Crippen LogP contribution in [0.25, 0.3) is 0 Å². The smallest absolute Gasteiger partial charge is 0.222 e. The molecule has 1 N–H and O–H groups in total. The Morgan fingerprint density at radius 2 is 2.13 bits per heavy atom. The fourth-order valence-corrected chi connectivity index (χ4v) is 2.26. The van der Waals surface area contributed by atoms with Gasteiger partial charge in [-0.3, -0.25) is 4.79 Å². The summed E-state index contributed by atoms with van der Waals surface area (Å²) < 4.78 is 0. The second-order valence-corrected chi connectivity index (χ2v) is 4.59. The first kappa shape index (κ1) is 12.8. The highest BCUT2D eigenvalue weighted by atomic mass is 35.5. The van der Waals surface area contributed by atoms with E-state index in [1.807, 2.05) is 0 Å². The molecule has 3 nitrogen and oxygen atoms in total. The van der Waals surface area contributed by atoms with E-state index in [0.29, 0.717) is 18.7 Å². The van der Waals surface area contributed by atoms with Gasteiger partial charge in [0.15, 0.2) is 0 Å². The predicted octanol–water partition coefficient (Wildman–Crippen LogP) is 1.77. The van der Waals surface area contributed by atoms with E-state index in [-0.39, 0.29) is 18.1 Å². The van der Waals surface area contributed by atoms with Crippen LogP contribution in [0.2, 0.25) is 0 Å². The van der Waals surface area contributed by atoms with Gasteiger partial charge in [-0.2, -0.15) is 0 Å². The van der Waals surface area contributed by atoms with Crippen molar-refractivity contribution in [1.29, 1.82) is 0 Å². The van der Waals surface area contributed by atoms with Crippen molar-refractivity contribution in [2.45, 2.75) is 50.7 Å². The van der Waals surface area contributed by atoms with E-state index in [0.717, 1.165) is 25.7 Å². The topological polar surface area (TPSA) is 40.5 Å². The normalized spacial score (nSPS) is 26.3. The highest BCUT2D eigenvalue weighted by molar-refractivity contribution is 6.17. The largest absolute Gasteiger partial charge is 0.391 e. The minimum absolute atomic E-state index is 0.0153. The molecule has 0 radical (unpaired) electrons. The highest BCUT2D eigenvalue weighted by Crippen LogP contribution is 2.22. The first-order chi connectivity index (χ1) is 7.16. The lowest BCUT2D eigenvalue weighted by atomic mass is 9.91. The second kappa shape index (κ2) is 6.33. The van der Waals surface area contributed by atoms with Crippen LogP contribution in [-0.2, 0) is 4.79 Å². The van der Waals surface area contributed by atoms with E-state index in [1.165, 1.54) is 0 Å². The van der Waals surface area contributed by atoms with E-state index in [1.54, 1.807) is 11.9 Å². The number of likely N-dealkylation sites (N-methyl/N-ethyl adjacent to an activating group) is 1. The zero-order chi connectivity index (χ0) is 11.3. The molecule has 0 aromatic carbocycles. The molecule has 2 unspecified atom stereocenters. The third-order valence-electron chi connectivity index (χ3n) is 3.11. The lowest BCUT2D eigenvalue weighted by Crippen LogP contribution is -2.46. The predicted molar refractivity (Wildman–Crippen MR) is 61.0 cm³/mol. The Hall–Kier alpha value is -0.280. The number of halogens is 1. The molecule has 1 aliphatic rings. The standard InChI is InChI=1S/C11H20ClNO2/c1-13(11(15)7-4-8-12)9-5-2-3-6-10(9)14/h9-10,14H,2-8H2,1H3. The fourth-order valence-electron chi connectivity index (χ4n) is 2.12. The Kier molecular flexibility index (Phi) is 5.40. The molecule has 0 bridgehead atoms. The number of amides is 1. The maximum Gasteiger partial charge on any atom is 0.222 e. The van der Waals surface area contributed by atoms with Crippen LogP contribution < -0.4 is 0 Å². The average Bonchev–Trinajstić information content (AvgIpc) is 2.25. The Morgan fingerprint density at radius 3 is 2.73 bits per heavy atom. The fraction of sp³-hybridized carbons (Fsp3) is 0.909. The van der Waals surface area contributed by atoms with Crippen molar-refractivity contribution >= 4 is 17.5 Å². The van der Waals surface area contributed by atoms with Gasteiger partial charge in [0.1, 0.15) is 0 Å². The molecule has 1 amide bonds. The van der Waals surface area contributed by atoms with Crippen molar-refractivity contribution < 1.29 is 9.90 Å². The Morgan fingerprint density at radius 1 is 1.47 bits per heavy atom.